The lowest BCUT2D eigenvalue weighted by molar-refractivity contribution is -0.292. The molecule has 0 radical (unpaired) electrons. The van der Waals surface area contributed by atoms with Gasteiger partial charge in [-0.2, -0.15) is 39.5 Å². The topological polar surface area (TPSA) is 120 Å². The number of nitrogens with one attached hydrogen (secondary N) is 1. The van der Waals surface area contributed by atoms with Gasteiger partial charge in [-0.1, -0.05) is 57.4 Å². The molecular formula is C32H37F9N4O5. The molecule has 2 atom stereocenters. The molecule has 2 unspecified atom stereocenters. The van der Waals surface area contributed by atoms with Crippen LogP contribution in [0.4, 0.5) is 50.0 Å². The van der Waals surface area contributed by atoms with E-state index >= 15 is 0 Å². The van der Waals surface area contributed by atoms with Crippen molar-refractivity contribution < 1.29 is 63.3 Å². The number of allylic oxidation sites excluding steroid dienone is 4. The number of carbonyl (C=O) groups is 1. The van der Waals surface area contributed by atoms with Crippen LogP contribution in [0.2, 0.25) is 0 Å². The number of fused-ring (bicyclic) bond motifs is 5. The van der Waals surface area contributed by atoms with Gasteiger partial charge < -0.3 is 19.0 Å². The first-order valence-electron chi connectivity index (χ1n) is 15.0. The van der Waals surface area contributed by atoms with Crippen LogP contribution in [-0.4, -0.2) is 50.9 Å². The number of aliphatic hydroxyl groups is 1. The zero-order valence-electron chi connectivity index (χ0n) is 27.7. The number of halogens is 9. The van der Waals surface area contributed by atoms with Crippen molar-refractivity contribution in [2.45, 2.75) is 95.6 Å². The number of pyridine rings is 1. The number of nitrogens with zero attached hydrogens (tertiary/aromatic N) is 3. The fourth-order valence-electron chi connectivity index (χ4n) is 4.53. The average Bonchev–Trinajstić information content (AvgIpc) is 3.47. The van der Waals surface area contributed by atoms with E-state index in [1.807, 2.05) is 19.2 Å². The molecule has 0 aliphatic carbocycles. The number of anilines is 1. The number of ether oxygens (including phenoxy) is 2. The van der Waals surface area contributed by atoms with Crippen molar-refractivity contribution in [2.75, 3.05) is 11.9 Å². The van der Waals surface area contributed by atoms with Crippen LogP contribution in [0, 0.1) is 0 Å². The number of alkyl halides is 9. The number of hydrogen-bond donors (Lipinski definition) is 2. The van der Waals surface area contributed by atoms with Crippen LogP contribution >= 0.6 is 0 Å². The third-order valence-electron chi connectivity index (χ3n) is 6.84. The minimum absolute atomic E-state index is 0.00776. The molecule has 0 saturated carbocycles. The summed E-state index contributed by atoms with van der Waals surface area (Å²) in [6.45, 7) is 14.4. The summed E-state index contributed by atoms with van der Waals surface area (Å²) in [5, 5.41) is 19.6. The Hall–Kier alpha value is -4.19. The van der Waals surface area contributed by atoms with Crippen molar-refractivity contribution in [3.8, 4) is 11.6 Å². The number of rotatable bonds is 6. The normalized spacial score (nSPS) is 21.2. The minimum atomic E-state index is -5.75. The Bertz CT molecular complexity index is 1570. The van der Waals surface area contributed by atoms with E-state index in [2.05, 4.69) is 28.3 Å². The first kappa shape index (κ1) is 42.0. The highest BCUT2D eigenvalue weighted by Gasteiger charge is 2.62. The van der Waals surface area contributed by atoms with Gasteiger partial charge in [0.25, 0.3) is 11.8 Å². The smallest absolute Gasteiger partial charge is 0.426 e. The molecule has 1 aliphatic rings. The number of carbonyl (C=O) groups excluding carboxylic acids is 1. The summed E-state index contributed by atoms with van der Waals surface area (Å²) in [6, 6.07) is 0.00776. The van der Waals surface area contributed by atoms with Crippen molar-refractivity contribution in [1.29, 1.82) is 0 Å². The SMILES string of the molecule is C=C/C=C(\C=C)COC1(C(F)(F)F)CC/C=C\CCC(O)(C(F)(F)F)c2nc(c(NC(=O)OC(C)(C)C)cc2C(F)(F)F)-c2nnc1o2.CC. The van der Waals surface area contributed by atoms with Gasteiger partial charge in [0.1, 0.15) is 5.60 Å². The molecule has 1 amide bonds. The van der Waals surface area contributed by atoms with Crippen molar-refractivity contribution >= 4 is 11.8 Å². The van der Waals surface area contributed by atoms with Crippen LogP contribution in [0.3, 0.4) is 0 Å². The third-order valence-corrected chi connectivity index (χ3v) is 6.84. The third kappa shape index (κ3) is 9.53. The van der Waals surface area contributed by atoms with Gasteiger partial charge in [0.2, 0.25) is 11.2 Å². The Labute approximate surface area is 281 Å². The number of hydrogen-bond acceptors (Lipinski definition) is 8. The van der Waals surface area contributed by atoms with E-state index in [0.29, 0.717) is 0 Å². The first-order chi connectivity index (χ1) is 23.0. The molecule has 2 aromatic rings. The van der Waals surface area contributed by atoms with E-state index in [0.717, 1.165) is 12.2 Å². The summed E-state index contributed by atoms with van der Waals surface area (Å²) >= 11 is 0. The molecule has 0 fully saturated rings. The van der Waals surface area contributed by atoms with Gasteiger partial charge in [-0.15, -0.1) is 10.2 Å². The van der Waals surface area contributed by atoms with Crippen molar-refractivity contribution in [3.63, 3.8) is 0 Å². The van der Waals surface area contributed by atoms with Crippen LogP contribution in [0.5, 0.6) is 0 Å². The number of aromatic nitrogens is 3. The van der Waals surface area contributed by atoms with Crippen LogP contribution in [-0.2, 0) is 26.9 Å². The van der Waals surface area contributed by atoms with E-state index in [-0.39, 0.29) is 11.6 Å². The standard InChI is InChI=1S/C30H31F9N4O5.C2H6/c1-6-12-17(7-2)16-46-27(30(37,38)39)14-11-9-8-10-13-26(45,29(34,35)36)21-18(28(31,32)33)15-19(40-24(44)48-25(3,4)5)20(41-21)22-42-43-23(27)47-22;1-2/h6-9,12,15,45H,1-2,10-11,13-14,16H2,3-5H3,(H,40,44);1-2H3/b9-8-,17-12+;. The largest absolute Gasteiger partial charge is 0.444 e. The maximum absolute atomic E-state index is 14.9. The zero-order chi connectivity index (χ0) is 38.3. The molecule has 2 aromatic heterocycles. The number of amides is 1. The fourth-order valence-corrected chi connectivity index (χ4v) is 4.53. The molecule has 2 N–H and O–H groups in total. The summed E-state index contributed by atoms with van der Waals surface area (Å²) in [5.41, 5.74) is -14.9. The molecular weight excluding hydrogens is 691 g/mol. The van der Waals surface area contributed by atoms with Crippen LogP contribution in [0.25, 0.3) is 11.6 Å². The molecule has 3 heterocycles. The van der Waals surface area contributed by atoms with E-state index < -0.39 is 108 Å². The van der Waals surface area contributed by atoms with Crippen LogP contribution in [0.15, 0.2) is 59.6 Å². The molecule has 0 saturated heterocycles. The lowest BCUT2D eigenvalue weighted by Crippen LogP contribution is -2.45. The lowest BCUT2D eigenvalue weighted by Gasteiger charge is -2.33. The van der Waals surface area contributed by atoms with Crippen molar-refractivity contribution in [3.05, 3.63) is 72.3 Å². The fraction of sp³-hybridized carbons (Fsp3) is 0.500. The van der Waals surface area contributed by atoms with Gasteiger partial charge in [-0.25, -0.2) is 9.78 Å². The summed E-state index contributed by atoms with van der Waals surface area (Å²) in [6.07, 6.45) is -15.9. The Balaban J connectivity index is 0.00000425. The van der Waals surface area contributed by atoms with Gasteiger partial charge in [0.05, 0.1) is 23.6 Å². The zero-order valence-corrected chi connectivity index (χ0v) is 27.7. The molecule has 278 valence electrons. The predicted molar refractivity (Wildman–Crippen MR) is 163 cm³/mol. The van der Waals surface area contributed by atoms with Gasteiger partial charge in [-0.05, 0) is 58.1 Å². The van der Waals surface area contributed by atoms with Crippen molar-refractivity contribution in [2.24, 2.45) is 0 Å². The second kappa shape index (κ2) is 15.8. The molecule has 18 heteroatoms. The Morgan fingerprint density at radius 1 is 1.00 bits per heavy atom. The maximum Gasteiger partial charge on any atom is 0.426 e. The molecule has 0 aromatic carbocycles. The highest BCUT2D eigenvalue weighted by molar-refractivity contribution is 5.89. The van der Waals surface area contributed by atoms with Crippen LogP contribution in [0.1, 0.15) is 77.5 Å². The highest BCUT2D eigenvalue weighted by atomic mass is 19.4. The summed E-state index contributed by atoms with van der Waals surface area (Å²) < 4.78 is 147. The quantitative estimate of drug-likeness (QED) is 0.172. The predicted octanol–water partition coefficient (Wildman–Crippen LogP) is 9.48. The van der Waals surface area contributed by atoms with E-state index in [4.69, 9.17) is 13.9 Å². The van der Waals surface area contributed by atoms with Gasteiger partial charge in [0, 0.05) is 0 Å². The second-order valence-corrected chi connectivity index (χ2v) is 11.5. The van der Waals surface area contributed by atoms with E-state index in [1.165, 1.54) is 39.0 Å². The molecule has 50 heavy (non-hydrogen) atoms. The first-order valence-corrected chi connectivity index (χ1v) is 15.0. The van der Waals surface area contributed by atoms with Crippen molar-refractivity contribution in [1.82, 2.24) is 15.2 Å². The van der Waals surface area contributed by atoms with Gasteiger partial charge >= 0.3 is 24.6 Å². The van der Waals surface area contributed by atoms with Gasteiger partial charge in [0.15, 0.2) is 5.69 Å². The van der Waals surface area contributed by atoms with E-state index in [9.17, 15) is 49.4 Å². The lowest BCUT2D eigenvalue weighted by atomic mass is 9.88. The summed E-state index contributed by atoms with van der Waals surface area (Å²) in [4.78, 5) is 16.0. The average molecular weight is 729 g/mol. The Kier molecular flexibility index (Phi) is 13.3. The molecule has 1 aliphatic heterocycles. The monoisotopic (exact) mass is 728 g/mol. The molecule has 3 rings (SSSR count). The second-order valence-electron chi connectivity index (χ2n) is 11.5. The van der Waals surface area contributed by atoms with Gasteiger partial charge in [-0.3, -0.25) is 5.32 Å². The van der Waals surface area contributed by atoms with E-state index in [1.54, 1.807) is 0 Å². The Morgan fingerprint density at radius 3 is 2.10 bits per heavy atom. The molecule has 9 nitrogen and oxygen atoms in total. The summed E-state index contributed by atoms with van der Waals surface area (Å²) in [7, 11) is 0. The summed E-state index contributed by atoms with van der Waals surface area (Å²) in [5.74, 6) is -2.43. The Morgan fingerprint density at radius 2 is 1.60 bits per heavy atom. The maximum atomic E-state index is 14.9. The molecule has 4 bridgehead atoms. The molecule has 0 spiro atoms. The minimum Gasteiger partial charge on any atom is -0.444 e. The highest BCUT2D eigenvalue weighted by Crippen LogP contribution is 2.50. The van der Waals surface area contributed by atoms with Crippen LogP contribution < -0.4 is 5.32 Å².